The fourth-order valence-electron chi connectivity index (χ4n) is 3.47. The van der Waals surface area contributed by atoms with Gasteiger partial charge in [0.1, 0.15) is 0 Å². The Morgan fingerprint density at radius 3 is 1.17 bits per heavy atom. The molecule has 0 bridgehead atoms. The molecule has 232 valence electrons. The molecule has 2 aromatic heterocycles. The topological polar surface area (TPSA) is 161 Å². The van der Waals surface area contributed by atoms with Crippen molar-refractivity contribution in [2.24, 2.45) is 0 Å². The van der Waals surface area contributed by atoms with Crippen molar-refractivity contribution in [2.45, 2.75) is 39.5 Å². The minimum atomic E-state index is -1.17. The van der Waals surface area contributed by atoms with Crippen molar-refractivity contribution in [1.29, 1.82) is 0 Å². The van der Waals surface area contributed by atoms with E-state index in [2.05, 4.69) is 54.9 Å². The number of unbranched alkanes of at least 4 members (excludes halogenated alkanes) is 2. The van der Waals surface area contributed by atoms with E-state index in [0.717, 1.165) is 52.9 Å². The van der Waals surface area contributed by atoms with Gasteiger partial charge in [-0.3, -0.25) is 19.8 Å². The van der Waals surface area contributed by atoms with Crippen molar-refractivity contribution in [3.8, 4) is 0 Å². The Bertz CT molecular complexity index is 810. The zero-order valence-corrected chi connectivity index (χ0v) is 25.2. The number of hydrogen-bond acceptors (Lipinski definition) is 12. The standard InChI is InChI=1S/C16H38N6.2C6H5NO2.Ni/c1-3-5-11-21-13-17-7-9-19-15-22(12-6-4-2)16-20-10-8-18-14-21;2*8-6(9)5-1-3-7-4-2-5;/h17-20H,3-16H2,1-2H3;2*1-4H,(H,8,9);/q;;;+2/p-2. The molecule has 0 spiro atoms. The van der Waals surface area contributed by atoms with Crippen LogP contribution in [0.15, 0.2) is 49.1 Å². The molecule has 4 N–H and O–H groups in total. The number of carbonyl (C=O) groups excluding carboxylic acids is 2. The number of nitrogens with zero attached hydrogens (tertiary/aromatic N) is 4. The molecule has 1 aliphatic rings. The van der Waals surface area contributed by atoms with Crippen LogP contribution in [0.4, 0.5) is 0 Å². The number of hydrogen-bond donors (Lipinski definition) is 4. The van der Waals surface area contributed by atoms with Gasteiger partial charge in [0.05, 0.1) is 11.9 Å². The third-order valence-electron chi connectivity index (χ3n) is 5.79. The molecular weight excluding hydrogens is 571 g/mol. The third-order valence-corrected chi connectivity index (χ3v) is 5.79. The normalized spacial score (nSPS) is 15.5. The number of nitrogens with one attached hydrogen (secondary N) is 4. The molecule has 0 atom stereocenters. The Balaban J connectivity index is 0.000000688. The average molecular weight is 617 g/mol. The maximum Gasteiger partial charge on any atom is 2.00 e. The number of carboxylic acid groups (broad SMARTS) is 2. The van der Waals surface area contributed by atoms with Crippen LogP contribution in [-0.2, 0) is 16.5 Å². The second kappa shape index (κ2) is 26.4. The summed E-state index contributed by atoms with van der Waals surface area (Å²) in [6.07, 6.45) is 10.7. The van der Waals surface area contributed by atoms with Gasteiger partial charge in [-0.05, 0) is 37.1 Å². The summed E-state index contributed by atoms with van der Waals surface area (Å²) < 4.78 is 0. The fourth-order valence-corrected chi connectivity index (χ4v) is 3.47. The molecule has 13 heteroatoms. The molecule has 12 nitrogen and oxygen atoms in total. The van der Waals surface area contributed by atoms with Crippen LogP contribution in [0.3, 0.4) is 0 Å². The van der Waals surface area contributed by atoms with E-state index in [-0.39, 0.29) is 27.6 Å². The molecular formula is C28H46N8NiO4. The molecule has 0 unspecified atom stereocenters. The number of aromatic nitrogens is 2. The van der Waals surface area contributed by atoms with Crippen LogP contribution in [0.2, 0.25) is 0 Å². The van der Waals surface area contributed by atoms with Gasteiger partial charge in [-0.1, -0.05) is 26.7 Å². The summed E-state index contributed by atoms with van der Waals surface area (Å²) in [5, 5.41) is 34.3. The summed E-state index contributed by atoms with van der Waals surface area (Å²) in [6.45, 7) is 14.8. The molecule has 1 fully saturated rings. The summed E-state index contributed by atoms with van der Waals surface area (Å²) in [5.74, 6) is -2.34. The second-order valence-electron chi connectivity index (χ2n) is 9.18. The van der Waals surface area contributed by atoms with Gasteiger partial charge < -0.3 is 41.1 Å². The summed E-state index contributed by atoms with van der Waals surface area (Å²) in [4.78, 5) is 32.3. The number of carboxylic acids is 2. The van der Waals surface area contributed by atoms with Crippen LogP contribution in [0.5, 0.6) is 0 Å². The van der Waals surface area contributed by atoms with Crippen molar-refractivity contribution >= 4 is 11.9 Å². The molecule has 0 aliphatic carbocycles. The van der Waals surface area contributed by atoms with E-state index in [0.29, 0.717) is 0 Å². The summed E-state index contributed by atoms with van der Waals surface area (Å²) >= 11 is 0. The largest absolute Gasteiger partial charge is 2.00 e. The van der Waals surface area contributed by atoms with Crippen LogP contribution >= 0.6 is 0 Å². The van der Waals surface area contributed by atoms with Crippen molar-refractivity contribution in [3.63, 3.8) is 0 Å². The van der Waals surface area contributed by atoms with Gasteiger partial charge in [-0.2, -0.15) is 0 Å². The predicted molar refractivity (Wildman–Crippen MR) is 152 cm³/mol. The molecule has 2 aromatic rings. The number of carbonyl (C=O) groups is 2. The monoisotopic (exact) mass is 616 g/mol. The first-order valence-corrected chi connectivity index (χ1v) is 14.0. The molecule has 0 radical (unpaired) electrons. The average Bonchev–Trinajstić information content (AvgIpc) is 2.98. The number of pyridine rings is 2. The Kier molecular flexibility index (Phi) is 24.8. The van der Waals surface area contributed by atoms with Crippen molar-refractivity contribution in [3.05, 3.63) is 60.2 Å². The first kappa shape index (κ1) is 38.5. The van der Waals surface area contributed by atoms with Crippen LogP contribution in [0.25, 0.3) is 0 Å². The van der Waals surface area contributed by atoms with E-state index in [1.54, 1.807) is 0 Å². The Labute approximate surface area is 254 Å². The Hall–Kier alpha value is -2.51. The number of rotatable bonds is 8. The molecule has 3 rings (SSSR count). The SMILES string of the molecule is CCCCN1CNCCNCN(CCCC)CNCCNC1.O=C([O-])c1ccncc1.O=C([O-])c1ccncc1.[Ni+2]. The maximum absolute atomic E-state index is 10.1. The van der Waals surface area contributed by atoms with E-state index in [4.69, 9.17) is 0 Å². The van der Waals surface area contributed by atoms with E-state index >= 15 is 0 Å². The van der Waals surface area contributed by atoms with Gasteiger partial charge in [0, 0.05) is 102 Å². The van der Waals surface area contributed by atoms with Crippen LogP contribution in [0, 0.1) is 0 Å². The molecule has 0 aromatic carbocycles. The van der Waals surface area contributed by atoms with E-state index < -0.39 is 11.9 Å². The van der Waals surface area contributed by atoms with Gasteiger partial charge in [0.15, 0.2) is 0 Å². The molecule has 1 saturated heterocycles. The van der Waals surface area contributed by atoms with Crippen LogP contribution in [0.1, 0.15) is 60.2 Å². The second-order valence-corrected chi connectivity index (χ2v) is 9.18. The third kappa shape index (κ3) is 20.9. The van der Waals surface area contributed by atoms with Gasteiger partial charge in [-0.25, -0.2) is 0 Å². The smallest absolute Gasteiger partial charge is 0.545 e. The summed E-state index contributed by atoms with van der Waals surface area (Å²) in [5.41, 5.74) is 0.315. The molecule has 0 amide bonds. The molecule has 3 heterocycles. The zero-order chi connectivity index (χ0) is 29.3. The minimum absolute atomic E-state index is 0. The minimum Gasteiger partial charge on any atom is -0.545 e. The molecule has 0 saturated carbocycles. The van der Waals surface area contributed by atoms with Crippen molar-refractivity contribution in [1.82, 2.24) is 41.0 Å². The first-order valence-electron chi connectivity index (χ1n) is 14.0. The number of aromatic carboxylic acids is 2. The Morgan fingerprint density at radius 2 is 0.951 bits per heavy atom. The van der Waals surface area contributed by atoms with Crippen molar-refractivity contribution < 1.29 is 36.3 Å². The summed E-state index contributed by atoms with van der Waals surface area (Å²) in [6, 6.07) is 5.54. The van der Waals surface area contributed by atoms with Gasteiger partial charge in [0.25, 0.3) is 0 Å². The fraction of sp³-hybridized carbons (Fsp3) is 0.571. The van der Waals surface area contributed by atoms with E-state index in [1.807, 2.05) is 0 Å². The van der Waals surface area contributed by atoms with Crippen LogP contribution < -0.4 is 31.5 Å². The molecule has 1 aliphatic heterocycles. The summed E-state index contributed by atoms with van der Waals surface area (Å²) in [7, 11) is 0. The van der Waals surface area contributed by atoms with Crippen molar-refractivity contribution in [2.75, 3.05) is 65.9 Å². The Morgan fingerprint density at radius 1 is 0.659 bits per heavy atom. The predicted octanol–water partition coefficient (Wildman–Crippen LogP) is -0.720. The van der Waals surface area contributed by atoms with Gasteiger partial charge in [-0.15, -0.1) is 0 Å². The van der Waals surface area contributed by atoms with E-state index in [1.165, 1.54) is 87.8 Å². The van der Waals surface area contributed by atoms with E-state index in [9.17, 15) is 19.8 Å². The molecule has 41 heavy (non-hydrogen) atoms. The first-order chi connectivity index (χ1) is 19.5. The zero-order valence-electron chi connectivity index (χ0n) is 24.3. The van der Waals surface area contributed by atoms with Gasteiger partial charge in [0.2, 0.25) is 0 Å². The quantitative estimate of drug-likeness (QED) is 0.276. The van der Waals surface area contributed by atoms with Crippen LogP contribution in [-0.4, -0.2) is 97.6 Å². The van der Waals surface area contributed by atoms with Gasteiger partial charge >= 0.3 is 16.5 Å². The maximum atomic E-state index is 10.1.